The first kappa shape index (κ1) is 25.7. The Hall–Kier alpha value is -3.42. The number of nitrogens with one attached hydrogen (secondary N) is 1. The lowest BCUT2D eigenvalue weighted by molar-refractivity contribution is 0.0525. The SMILES string of the molecule is CCOC(=O)c1cnc2c(NC(=O)c3c(Cl)cccc3Cl)cccc2c1C(=C=O)N1CCN(C)CC1. The minimum atomic E-state index is -0.596. The predicted octanol–water partition coefficient (Wildman–Crippen LogP) is 4.39. The van der Waals surface area contributed by atoms with Crippen LogP contribution in [0.4, 0.5) is 5.69 Å². The second-order valence-corrected chi connectivity index (χ2v) is 9.08. The van der Waals surface area contributed by atoms with Gasteiger partial charge in [0.15, 0.2) is 5.94 Å². The van der Waals surface area contributed by atoms with Crippen molar-refractivity contribution in [2.75, 3.05) is 45.2 Å². The molecule has 36 heavy (non-hydrogen) atoms. The topological polar surface area (TPSA) is 91.8 Å². The molecule has 1 fully saturated rings. The van der Waals surface area contributed by atoms with E-state index in [1.54, 1.807) is 43.3 Å². The number of aromatic nitrogens is 1. The van der Waals surface area contributed by atoms with Crippen LogP contribution >= 0.6 is 23.2 Å². The summed E-state index contributed by atoms with van der Waals surface area (Å²) in [5, 5.41) is 3.73. The first-order valence-electron chi connectivity index (χ1n) is 11.4. The number of piperazine rings is 1. The molecule has 0 bridgehead atoms. The molecule has 1 aliphatic heterocycles. The Labute approximate surface area is 218 Å². The van der Waals surface area contributed by atoms with Gasteiger partial charge in [0.2, 0.25) is 0 Å². The van der Waals surface area contributed by atoms with Gasteiger partial charge in [-0.2, -0.15) is 0 Å². The summed E-state index contributed by atoms with van der Waals surface area (Å²) in [6.45, 7) is 4.56. The number of carbonyl (C=O) groups is 2. The normalized spacial score (nSPS) is 13.8. The van der Waals surface area contributed by atoms with Gasteiger partial charge in [-0.15, -0.1) is 0 Å². The fourth-order valence-corrected chi connectivity index (χ4v) is 4.72. The molecule has 1 aromatic heterocycles. The zero-order chi connectivity index (χ0) is 25.8. The standard InChI is InChI=1S/C26H24Cl2N4O4/c1-3-36-26(35)17-14-29-24-16(22(17)21(15-33)32-12-10-31(2)11-13-32)6-4-9-20(24)30-25(34)23-18(27)7-5-8-19(23)28/h4-9,14H,3,10-13H2,1-2H3,(H,30,34). The number of anilines is 1. The smallest absolute Gasteiger partial charge is 0.340 e. The third kappa shape index (κ3) is 5.08. The van der Waals surface area contributed by atoms with Crippen LogP contribution in [-0.4, -0.2) is 72.4 Å². The lowest BCUT2D eigenvalue weighted by Gasteiger charge is -2.34. The molecule has 4 rings (SSSR count). The highest BCUT2D eigenvalue weighted by Crippen LogP contribution is 2.33. The third-order valence-electron chi connectivity index (χ3n) is 5.98. The molecule has 10 heteroatoms. The van der Waals surface area contributed by atoms with Crippen LogP contribution in [0.5, 0.6) is 0 Å². The number of likely N-dealkylation sites (N-methyl/N-ethyl adjacent to an activating group) is 1. The van der Waals surface area contributed by atoms with Crippen molar-refractivity contribution in [2.45, 2.75) is 6.92 Å². The fourth-order valence-electron chi connectivity index (χ4n) is 4.15. The van der Waals surface area contributed by atoms with Crippen molar-refractivity contribution >= 4 is 63.3 Å². The predicted molar refractivity (Wildman–Crippen MR) is 140 cm³/mol. The minimum absolute atomic E-state index is 0.132. The zero-order valence-corrected chi connectivity index (χ0v) is 21.3. The molecule has 1 aliphatic rings. The van der Waals surface area contributed by atoms with Gasteiger partial charge in [0, 0.05) is 43.3 Å². The molecule has 186 valence electrons. The third-order valence-corrected chi connectivity index (χ3v) is 6.61. The average Bonchev–Trinajstić information content (AvgIpc) is 2.86. The summed E-state index contributed by atoms with van der Waals surface area (Å²) in [4.78, 5) is 46.7. The van der Waals surface area contributed by atoms with Crippen LogP contribution in [0.2, 0.25) is 10.0 Å². The van der Waals surface area contributed by atoms with Crippen molar-refractivity contribution in [3.8, 4) is 0 Å². The molecule has 0 saturated carbocycles. The summed E-state index contributed by atoms with van der Waals surface area (Å²) in [6.07, 6.45) is 1.36. The van der Waals surface area contributed by atoms with Crippen LogP contribution in [0.1, 0.15) is 33.2 Å². The maximum Gasteiger partial charge on any atom is 0.340 e. The molecule has 0 spiro atoms. The molecule has 0 aliphatic carbocycles. The molecule has 0 atom stereocenters. The van der Waals surface area contributed by atoms with Gasteiger partial charge in [-0.05, 0) is 32.2 Å². The van der Waals surface area contributed by atoms with E-state index in [2.05, 4.69) is 15.2 Å². The number of benzene rings is 2. The summed E-state index contributed by atoms with van der Waals surface area (Å²) in [5.74, 6) is 0.941. The molecule has 2 aromatic carbocycles. The van der Waals surface area contributed by atoms with Crippen molar-refractivity contribution in [3.05, 3.63) is 69.3 Å². The van der Waals surface area contributed by atoms with Crippen molar-refractivity contribution in [1.82, 2.24) is 14.8 Å². The van der Waals surface area contributed by atoms with E-state index >= 15 is 0 Å². The number of carbonyl (C=O) groups excluding carboxylic acids is 3. The Morgan fingerprint density at radius 1 is 1.06 bits per heavy atom. The van der Waals surface area contributed by atoms with Gasteiger partial charge in [-0.3, -0.25) is 9.78 Å². The number of pyridine rings is 1. The van der Waals surface area contributed by atoms with Gasteiger partial charge in [0.25, 0.3) is 5.91 Å². The Balaban J connectivity index is 1.85. The van der Waals surface area contributed by atoms with Crippen molar-refractivity contribution in [3.63, 3.8) is 0 Å². The monoisotopic (exact) mass is 526 g/mol. The largest absolute Gasteiger partial charge is 0.462 e. The second-order valence-electron chi connectivity index (χ2n) is 8.26. The molecule has 1 N–H and O–H groups in total. The van der Waals surface area contributed by atoms with Crippen LogP contribution < -0.4 is 5.32 Å². The summed E-state index contributed by atoms with van der Waals surface area (Å²) in [6, 6.07) is 9.92. The van der Waals surface area contributed by atoms with Crippen LogP contribution in [-0.2, 0) is 9.53 Å². The first-order valence-corrected chi connectivity index (χ1v) is 12.1. The van der Waals surface area contributed by atoms with Crippen LogP contribution in [0.15, 0.2) is 42.6 Å². The fraction of sp³-hybridized carbons (Fsp3) is 0.269. The number of amides is 1. The zero-order valence-electron chi connectivity index (χ0n) is 19.8. The van der Waals surface area contributed by atoms with Gasteiger partial charge in [0.05, 0.1) is 39.0 Å². The highest BCUT2D eigenvalue weighted by Gasteiger charge is 2.27. The lowest BCUT2D eigenvalue weighted by atomic mass is 9.99. The van der Waals surface area contributed by atoms with Gasteiger partial charge < -0.3 is 19.9 Å². The van der Waals surface area contributed by atoms with E-state index in [0.29, 0.717) is 35.2 Å². The lowest BCUT2D eigenvalue weighted by Crippen LogP contribution is -2.43. The number of para-hydroxylation sites is 1. The number of esters is 1. The number of fused-ring (bicyclic) bond motifs is 1. The van der Waals surface area contributed by atoms with E-state index in [4.69, 9.17) is 27.9 Å². The van der Waals surface area contributed by atoms with Crippen molar-refractivity contribution < 1.29 is 19.1 Å². The van der Waals surface area contributed by atoms with Crippen molar-refractivity contribution in [1.29, 1.82) is 0 Å². The van der Waals surface area contributed by atoms with Crippen LogP contribution in [0.25, 0.3) is 16.6 Å². The van der Waals surface area contributed by atoms with E-state index in [0.717, 1.165) is 13.1 Å². The van der Waals surface area contributed by atoms with E-state index in [1.807, 2.05) is 17.9 Å². The van der Waals surface area contributed by atoms with Gasteiger partial charge >= 0.3 is 5.97 Å². The first-order chi connectivity index (χ1) is 17.3. The highest BCUT2D eigenvalue weighted by atomic mass is 35.5. The van der Waals surface area contributed by atoms with Gasteiger partial charge in [-0.25, -0.2) is 9.59 Å². The number of nitrogens with zero attached hydrogens (tertiary/aromatic N) is 3. The molecule has 0 radical (unpaired) electrons. The number of ether oxygens (including phenoxy) is 1. The van der Waals surface area contributed by atoms with Gasteiger partial charge in [0.1, 0.15) is 5.70 Å². The summed E-state index contributed by atoms with van der Waals surface area (Å²) >= 11 is 12.4. The number of hydrogen-bond acceptors (Lipinski definition) is 7. The van der Waals surface area contributed by atoms with Gasteiger partial charge in [-0.1, -0.05) is 41.4 Å². The second kappa shape index (κ2) is 11.1. The minimum Gasteiger partial charge on any atom is -0.462 e. The van der Waals surface area contributed by atoms with E-state index in [1.165, 1.54) is 6.20 Å². The van der Waals surface area contributed by atoms with E-state index in [9.17, 15) is 14.4 Å². The van der Waals surface area contributed by atoms with Crippen LogP contribution in [0, 0.1) is 0 Å². The Kier molecular flexibility index (Phi) is 7.91. The maximum absolute atomic E-state index is 13.1. The Morgan fingerprint density at radius 2 is 1.72 bits per heavy atom. The average molecular weight is 527 g/mol. The molecule has 2 heterocycles. The Bertz CT molecular complexity index is 1360. The highest BCUT2D eigenvalue weighted by molar-refractivity contribution is 6.40. The summed E-state index contributed by atoms with van der Waals surface area (Å²) < 4.78 is 5.25. The molecule has 8 nitrogen and oxygen atoms in total. The number of halogens is 2. The molecular formula is C26H24Cl2N4O4. The molecule has 1 saturated heterocycles. The maximum atomic E-state index is 13.1. The Morgan fingerprint density at radius 3 is 2.36 bits per heavy atom. The van der Waals surface area contributed by atoms with Crippen molar-refractivity contribution in [2.24, 2.45) is 0 Å². The quantitative estimate of drug-likeness (QED) is 0.376. The molecule has 3 aromatic rings. The molecule has 1 amide bonds. The molecule has 0 unspecified atom stereocenters. The summed E-state index contributed by atoms with van der Waals surface area (Å²) in [5.41, 5.74) is 1.65. The van der Waals surface area contributed by atoms with E-state index in [-0.39, 0.29) is 33.5 Å². The van der Waals surface area contributed by atoms with E-state index < -0.39 is 11.9 Å². The summed E-state index contributed by atoms with van der Waals surface area (Å²) in [7, 11) is 2.01. The number of rotatable bonds is 6. The van der Waals surface area contributed by atoms with Crippen LogP contribution in [0.3, 0.4) is 0 Å². The molecular weight excluding hydrogens is 503 g/mol. The number of hydrogen-bond donors (Lipinski definition) is 1.